The summed E-state index contributed by atoms with van der Waals surface area (Å²) in [6.45, 7) is 5.78. The summed E-state index contributed by atoms with van der Waals surface area (Å²) < 4.78 is 13.0. The molecule has 1 aromatic heterocycles. The zero-order valence-corrected chi connectivity index (χ0v) is 11.2. The summed E-state index contributed by atoms with van der Waals surface area (Å²) in [5.41, 5.74) is 2.10. The quantitative estimate of drug-likeness (QED) is 0.929. The number of hydrogen-bond acceptors (Lipinski definition) is 4. The van der Waals surface area contributed by atoms with Gasteiger partial charge in [0.1, 0.15) is 0 Å². The van der Waals surface area contributed by atoms with Gasteiger partial charge in [-0.15, -0.1) is 0 Å². The van der Waals surface area contributed by atoms with Crippen molar-refractivity contribution >= 4 is 11.9 Å². The summed E-state index contributed by atoms with van der Waals surface area (Å²) in [5, 5.41) is 7.49. The molecule has 0 bridgehead atoms. The maximum atomic E-state index is 5.67. The molecule has 1 aliphatic rings. The van der Waals surface area contributed by atoms with E-state index in [9.17, 15) is 0 Å². The molecular formula is C15H17N3O2. The van der Waals surface area contributed by atoms with E-state index in [-0.39, 0.29) is 0 Å². The van der Waals surface area contributed by atoms with Crippen LogP contribution in [0.15, 0.2) is 37.2 Å². The number of nitrogens with zero attached hydrogens (tertiary/aromatic N) is 2. The van der Waals surface area contributed by atoms with Crippen molar-refractivity contribution in [3.8, 4) is 11.5 Å². The number of rotatable bonds is 4. The van der Waals surface area contributed by atoms with Crippen LogP contribution in [-0.4, -0.2) is 23.0 Å². The number of benzene rings is 1. The molecule has 0 atom stereocenters. The Hall–Kier alpha value is -2.43. The first-order chi connectivity index (χ1) is 9.85. The summed E-state index contributed by atoms with van der Waals surface area (Å²) in [5.74, 6) is 1.61. The van der Waals surface area contributed by atoms with Crippen molar-refractivity contribution in [2.24, 2.45) is 0 Å². The molecule has 5 nitrogen and oxygen atoms in total. The van der Waals surface area contributed by atoms with Crippen LogP contribution in [0.25, 0.3) is 6.20 Å². The van der Waals surface area contributed by atoms with E-state index in [4.69, 9.17) is 9.47 Å². The third kappa shape index (κ3) is 2.77. The number of aromatic nitrogens is 2. The van der Waals surface area contributed by atoms with E-state index < -0.39 is 0 Å². The Kier molecular flexibility index (Phi) is 3.58. The number of fused-ring (bicyclic) bond motifs is 1. The Balaban J connectivity index is 1.68. The average Bonchev–Trinajstić information content (AvgIpc) is 2.82. The highest BCUT2D eigenvalue weighted by Crippen LogP contribution is 2.32. The lowest BCUT2D eigenvalue weighted by atomic mass is 10.2. The van der Waals surface area contributed by atoms with Crippen LogP contribution in [0, 0.1) is 0 Å². The fourth-order valence-corrected chi connectivity index (χ4v) is 2.05. The van der Waals surface area contributed by atoms with Crippen LogP contribution in [-0.2, 0) is 6.54 Å². The molecule has 0 saturated heterocycles. The highest BCUT2D eigenvalue weighted by atomic mass is 16.5. The fourth-order valence-electron chi connectivity index (χ4n) is 2.05. The molecule has 1 N–H and O–H groups in total. The second kappa shape index (κ2) is 5.69. The van der Waals surface area contributed by atoms with Gasteiger partial charge in [0.15, 0.2) is 11.5 Å². The highest BCUT2D eigenvalue weighted by molar-refractivity contribution is 5.55. The SMILES string of the molecule is C=Cn1cc(CNc2ccc3c(c2)OCCCO3)cn1. The van der Waals surface area contributed by atoms with Gasteiger partial charge in [0.05, 0.1) is 19.4 Å². The number of nitrogens with one attached hydrogen (secondary N) is 1. The molecule has 2 heterocycles. The molecule has 2 aromatic rings. The lowest BCUT2D eigenvalue weighted by molar-refractivity contribution is 0.297. The Bertz CT molecular complexity index is 607. The van der Waals surface area contributed by atoms with Crippen LogP contribution >= 0.6 is 0 Å². The first-order valence-corrected chi connectivity index (χ1v) is 6.64. The van der Waals surface area contributed by atoms with E-state index in [1.807, 2.05) is 30.6 Å². The summed E-state index contributed by atoms with van der Waals surface area (Å²) >= 11 is 0. The van der Waals surface area contributed by atoms with Crippen LogP contribution in [0.5, 0.6) is 11.5 Å². The number of anilines is 1. The lowest BCUT2D eigenvalue weighted by Gasteiger charge is -2.10. The maximum Gasteiger partial charge on any atom is 0.163 e. The average molecular weight is 271 g/mol. The molecule has 1 aliphatic heterocycles. The van der Waals surface area contributed by atoms with E-state index in [1.54, 1.807) is 10.9 Å². The van der Waals surface area contributed by atoms with Gasteiger partial charge in [-0.25, -0.2) is 4.68 Å². The third-order valence-corrected chi connectivity index (χ3v) is 3.09. The van der Waals surface area contributed by atoms with Gasteiger partial charge >= 0.3 is 0 Å². The Labute approximate surface area is 117 Å². The molecule has 20 heavy (non-hydrogen) atoms. The van der Waals surface area contributed by atoms with Crippen molar-refractivity contribution in [2.45, 2.75) is 13.0 Å². The maximum absolute atomic E-state index is 5.67. The molecule has 1 aromatic carbocycles. The Morgan fingerprint density at radius 3 is 2.95 bits per heavy atom. The van der Waals surface area contributed by atoms with Gasteiger partial charge < -0.3 is 14.8 Å². The van der Waals surface area contributed by atoms with Crippen LogP contribution in [0.2, 0.25) is 0 Å². The third-order valence-electron chi connectivity index (χ3n) is 3.09. The predicted octanol–water partition coefficient (Wildman–Crippen LogP) is 2.76. The molecule has 0 aliphatic carbocycles. The molecule has 0 fully saturated rings. The number of hydrogen-bond donors (Lipinski definition) is 1. The topological polar surface area (TPSA) is 48.3 Å². The zero-order valence-electron chi connectivity index (χ0n) is 11.2. The second-order valence-corrected chi connectivity index (χ2v) is 4.58. The molecule has 3 rings (SSSR count). The van der Waals surface area contributed by atoms with Crippen molar-refractivity contribution < 1.29 is 9.47 Å². The smallest absolute Gasteiger partial charge is 0.163 e. The molecule has 104 valence electrons. The number of ether oxygens (including phenoxy) is 2. The summed E-state index contributed by atoms with van der Waals surface area (Å²) in [6.07, 6.45) is 6.33. The van der Waals surface area contributed by atoms with Crippen LogP contribution in [0.4, 0.5) is 5.69 Å². The predicted molar refractivity (Wildman–Crippen MR) is 78.0 cm³/mol. The van der Waals surface area contributed by atoms with Crippen molar-refractivity contribution in [2.75, 3.05) is 18.5 Å². The van der Waals surface area contributed by atoms with E-state index >= 15 is 0 Å². The van der Waals surface area contributed by atoms with Gasteiger partial charge in [0.2, 0.25) is 0 Å². The second-order valence-electron chi connectivity index (χ2n) is 4.58. The molecule has 0 radical (unpaired) electrons. The van der Waals surface area contributed by atoms with Gasteiger partial charge in [0, 0.05) is 42.7 Å². The van der Waals surface area contributed by atoms with Gasteiger partial charge in [0.25, 0.3) is 0 Å². The molecule has 5 heteroatoms. The minimum absolute atomic E-state index is 0.697. The first kappa shape index (κ1) is 12.6. The summed E-state index contributed by atoms with van der Waals surface area (Å²) in [4.78, 5) is 0. The molecule has 0 saturated carbocycles. The molecular weight excluding hydrogens is 254 g/mol. The van der Waals surface area contributed by atoms with Gasteiger partial charge in [-0.2, -0.15) is 5.10 Å². The minimum Gasteiger partial charge on any atom is -0.490 e. The van der Waals surface area contributed by atoms with Crippen molar-refractivity contribution in [1.29, 1.82) is 0 Å². The summed E-state index contributed by atoms with van der Waals surface area (Å²) in [7, 11) is 0. The van der Waals surface area contributed by atoms with E-state index in [2.05, 4.69) is 17.0 Å². The van der Waals surface area contributed by atoms with Crippen molar-refractivity contribution in [3.05, 3.63) is 42.7 Å². The summed E-state index contributed by atoms with van der Waals surface area (Å²) in [6, 6.07) is 5.90. The largest absolute Gasteiger partial charge is 0.490 e. The normalized spacial score (nSPS) is 13.6. The Morgan fingerprint density at radius 1 is 1.30 bits per heavy atom. The molecule has 0 amide bonds. The van der Waals surface area contributed by atoms with E-state index in [0.717, 1.165) is 29.2 Å². The monoisotopic (exact) mass is 271 g/mol. The lowest BCUT2D eigenvalue weighted by Crippen LogP contribution is -1.99. The van der Waals surface area contributed by atoms with E-state index in [1.165, 1.54) is 0 Å². The van der Waals surface area contributed by atoms with Crippen LogP contribution in [0.3, 0.4) is 0 Å². The van der Waals surface area contributed by atoms with Crippen LogP contribution < -0.4 is 14.8 Å². The first-order valence-electron chi connectivity index (χ1n) is 6.64. The fraction of sp³-hybridized carbons (Fsp3) is 0.267. The van der Waals surface area contributed by atoms with Gasteiger partial charge in [-0.3, -0.25) is 0 Å². The minimum atomic E-state index is 0.697. The zero-order chi connectivity index (χ0) is 13.8. The highest BCUT2D eigenvalue weighted by Gasteiger charge is 2.10. The van der Waals surface area contributed by atoms with Crippen molar-refractivity contribution in [3.63, 3.8) is 0 Å². The van der Waals surface area contributed by atoms with Crippen molar-refractivity contribution in [1.82, 2.24) is 9.78 Å². The Morgan fingerprint density at radius 2 is 2.15 bits per heavy atom. The standard InChI is InChI=1S/C15H17N3O2/c1-2-18-11-12(10-17-18)9-16-13-4-5-14-15(8-13)20-7-3-6-19-14/h2,4-5,8,10-11,16H,1,3,6-7,9H2. The molecule has 0 spiro atoms. The van der Waals surface area contributed by atoms with E-state index in [0.29, 0.717) is 19.8 Å². The molecule has 0 unspecified atom stereocenters. The van der Waals surface area contributed by atoms with Crippen LogP contribution in [0.1, 0.15) is 12.0 Å². The van der Waals surface area contributed by atoms with Gasteiger partial charge in [-0.05, 0) is 12.1 Å². The van der Waals surface area contributed by atoms with Gasteiger partial charge in [-0.1, -0.05) is 6.58 Å².